The van der Waals surface area contributed by atoms with Crippen molar-refractivity contribution >= 4 is 0 Å². The molecule has 6 heteroatoms. The molecule has 25 heavy (non-hydrogen) atoms. The fourth-order valence-electron chi connectivity index (χ4n) is 3.36. The zero-order valence-corrected chi connectivity index (χ0v) is 15.5. The number of rotatable bonds is 6. The third-order valence-electron chi connectivity index (χ3n) is 4.73. The molecule has 3 heterocycles. The average Bonchev–Trinajstić information content (AvgIpc) is 2.61. The Balaban J connectivity index is 1.61. The van der Waals surface area contributed by atoms with E-state index in [1.165, 1.54) is 12.8 Å². The van der Waals surface area contributed by atoms with Crippen LogP contribution in [0.3, 0.4) is 0 Å². The maximum absolute atomic E-state index is 4.53. The molecule has 134 valence electrons. The van der Waals surface area contributed by atoms with Crippen molar-refractivity contribution in [3.8, 4) is 0 Å². The monoisotopic (exact) mass is 340 g/mol. The molecule has 0 bridgehead atoms. The number of aromatic nitrogens is 4. The smallest absolute Gasteiger partial charge is 0.0727 e. The van der Waals surface area contributed by atoms with E-state index in [9.17, 15) is 0 Å². The van der Waals surface area contributed by atoms with Crippen LogP contribution >= 0.6 is 0 Å². The predicted octanol–water partition coefficient (Wildman–Crippen LogP) is 2.37. The number of aryl methyl sites for hydroxylation is 2. The van der Waals surface area contributed by atoms with Gasteiger partial charge in [-0.05, 0) is 20.3 Å². The number of piperazine rings is 1. The molecule has 0 aliphatic carbocycles. The SMILES string of the molecule is CCCC1CN(Cc2cnc(C)cn2)CCN1Cc1cnc(C)cn1. The van der Waals surface area contributed by atoms with Crippen LogP contribution in [0.1, 0.15) is 42.5 Å². The van der Waals surface area contributed by atoms with Crippen LogP contribution in [-0.4, -0.2) is 55.4 Å². The molecule has 1 unspecified atom stereocenters. The largest absolute Gasteiger partial charge is 0.295 e. The minimum atomic E-state index is 0.556. The number of hydrogen-bond donors (Lipinski definition) is 0. The summed E-state index contributed by atoms with van der Waals surface area (Å²) in [5, 5.41) is 0. The van der Waals surface area contributed by atoms with Gasteiger partial charge in [0, 0.05) is 63.6 Å². The van der Waals surface area contributed by atoms with E-state index in [2.05, 4.69) is 36.7 Å². The Hall–Kier alpha value is -1.92. The lowest BCUT2D eigenvalue weighted by molar-refractivity contribution is 0.0575. The van der Waals surface area contributed by atoms with Crippen molar-refractivity contribution in [3.05, 3.63) is 47.6 Å². The predicted molar refractivity (Wildman–Crippen MR) is 97.9 cm³/mol. The highest BCUT2D eigenvalue weighted by Gasteiger charge is 2.27. The van der Waals surface area contributed by atoms with Gasteiger partial charge >= 0.3 is 0 Å². The lowest BCUT2D eigenvalue weighted by Crippen LogP contribution is -2.52. The Bertz CT molecular complexity index is 655. The van der Waals surface area contributed by atoms with Crippen molar-refractivity contribution in [3.63, 3.8) is 0 Å². The molecule has 0 saturated carbocycles. The van der Waals surface area contributed by atoms with E-state index in [-0.39, 0.29) is 0 Å². The van der Waals surface area contributed by atoms with E-state index in [1.54, 1.807) is 0 Å². The van der Waals surface area contributed by atoms with Gasteiger partial charge in [0.25, 0.3) is 0 Å². The third kappa shape index (κ3) is 5.03. The lowest BCUT2D eigenvalue weighted by Gasteiger charge is -2.41. The lowest BCUT2D eigenvalue weighted by atomic mass is 10.1. The van der Waals surface area contributed by atoms with Crippen molar-refractivity contribution in [1.29, 1.82) is 0 Å². The summed E-state index contributed by atoms with van der Waals surface area (Å²) in [7, 11) is 0. The van der Waals surface area contributed by atoms with Crippen molar-refractivity contribution in [2.75, 3.05) is 19.6 Å². The summed E-state index contributed by atoms with van der Waals surface area (Å²) in [6, 6.07) is 0.556. The Labute approximate surface area is 150 Å². The highest BCUT2D eigenvalue weighted by atomic mass is 15.3. The Morgan fingerprint density at radius 2 is 1.52 bits per heavy atom. The molecule has 3 rings (SSSR count). The molecule has 1 atom stereocenters. The summed E-state index contributed by atoms with van der Waals surface area (Å²) in [5.74, 6) is 0. The van der Waals surface area contributed by atoms with E-state index in [1.807, 2.05) is 38.6 Å². The molecule has 1 saturated heterocycles. The highest BCUT2D eigenvalue weighted by Crippen LogP contribution is 2.18. The van der Waals surface area contributed by atoms with Gasteiger partial charge in [-0.1, -0.05) is 13.3 Å². The van der Waals surface area contributed by atoms with Crippen LogP contribution in [0.2, 0.25) is 0 Å². The van der Waals surface area contributed by atoms with Crippen LogP contribution in [-0.2, 0) is 13.1 Å². The molecule has 0 aromatic carbocycles. The number of hydrogen-bond acceptors (Lipinski definition) is 6. The Morgan fingerprint density at radius 3 is 2.08 bits per heavy atom. The first kappa shape index (κ1) is 17.9. The van der Waals surface area contributed by atoms with Gasteiger partial charge in [0.15, 0.2) is 0 Å². The molecule has 6 nitrogen and oxygen atoms in total. The van der Waals surface area contributed by atoms with Crippen LogP contribution in [0.25, 0.3) is 0 Å². The van der Waals surface area contributed by atoms with E-state index in [4.69, 9.17) is 0 Å². The summed E-state index contributed by atoms with van der Waals surface area (Å²) in [4.78, 5) is 22.8. The second-order valence-electron chi connectivity index (χ2n) is 6.95. The summed E-state index contributed by atoms with van der Waals surface area (Å²) in [5.41, 5.74) is 4.05. The minimum absolute atomic E-state index is 0.556. The quantitative estimate of drug-likeness (QED) is 0.805. The molecule has 1 fully saturated rings. The molecule has 2 aromatic rings. The van der Waals surface area contributed by atoms with Crippen LogP contribution in [0.15, 0.2) is 24.8 Å². The molecule has 1 aliphatic rings. The molecule has 0 spiro atoms. The summed E-state index contributed by atoms with van der Waals surface area (Å²) in [6.07, 6.45) is 9.92. The van der Waals surface area contributed by atoms with Crippen LogP contribution < -0.4 is 0 Å². The van der Waals surface area contributed by atoms with E-state index < -0.39 is 0 Å². The first-order valence-electron chi connectivity index (χ1n) is 9.15. The maximum Gasteiger partial charge on any atom is 0.0727 e. The summed E-state index contributed by atoms with van der Waals surface area (Å²) in [6.45, 7) is 11.2. The van der Waals surface area contributed by atoms with Crippen molar-refractivity contribution in [2.45, 2.75) is 52.7 Å². The fraction of sp³-hybridized carbons (Fsp3) is 0.579. The van der Waals surface area contributed by atoms with Crippen molar-refractivity contribution in [2.24, 2.45) is 0 Å². The average molecular weight is 340 g/mol. The highest BCUT2D eigenvalue weighted by molar-refractivity contribution is 5.03. The molecular weight excluding hydrogens is 312 g/mol. The first-order chi connectivity index (χ1) is 12.1. The molecular formula is C19H28N6. The standard InChI is InChI=1S/C19H28N6/c1-4-5-19-14-24(12-17-10-20-15(2)8-22-17)6-7-25(19)13-18-11-21-16(3)9-23-18/h8-11,19H,4-7,12-14H2,1-3H3. The van der Waals surface area contributed by atoms with Crippen LogP contribution in [0, 0.1) is 13.8 Å². The van der Waals surface area contributed by atoms with Crippen molar-refractivity contribution < 1.29 is 0 Å². The second-order valence-corrected chi connectivity index (χ2v) is 6.95. The first-order valence-corrected chi connectivity index (χ1v) is 9.15. The molecule has 0 amide bonds. The van der Waals surface area contributed by atoms with Gasteiger partial charge < -0.3 is 0 Å². The van der Waals surface area contributed by atoms with E-state index in [0.717, 1.165) is 55.5 Å². The Morgan fingerprint density at radius 1 is 0.880 bits per heavy atom. The zero-order chi connectivity index (χ0) is 17.6. The topological polar surface area (TPSA) is 58.0 Å². The van der Waals surface area contributed by atoms with E-state index in [0.29, 0.717) is 6.04 Å². The second kappa shape index (κ2) is 8.45. The normalized spacial score (nSPS) is 19.2. The molecule has 0 N–H and O–H groups in total. The van der Waals surface area contributed by atoms with Crippen LogP contribution in [0.5, 0.6) is 0 Å². The third-order valence-corrected chi connectivity index (χ3v) is 4.73. The minimum Gasteiger partial charge on any atom is -0.295 e. The van der Waals surface area contributed by atoms with Gasteiger partial charge in [0.05, 0.1) is 22.8 Å². The summed E-state index contributed by atoms with van der Waals surface area (Å²) < 4.78 is 0. The van der Waals surface area contributed by atoms with Gasteiger partial charge in [0.2, 0.25) is 0 Å². The van der Waals surface area contributed by atoms with Crippen molar-refractivity contribution in [1.82, 2.24) is 29.7 Å². The number of nitrogens with zero attached hydrogens (tertiary/aromatic N) is 6. The van der Waals surface area contributed by atoms with Gasteiger partial charge in [-0.15, -0.1) is 0 Å². The zero-order valence-electron chi connectivity index (χ0n) is 15.5. The maximum atomic E-state index is 4.53. The fourth-order valence-corrected chi connectivity index (χ4v) is 3.36. The Kier molecular flexibility index (Phi) is 6.04. The van der Waals surface area contributed by atoms with E-state index >= 15 is 0 Å². The molecule has 2 aromatic heterocycles. The van der Waals surface area contributed by atoms with Crippen LogP contribution in [0.4, 0.5) is 0 Å². The van der Waals surface area contributed by atoms with Gasteiger partial charge in [-0.2, -0.15) is 0 Å². The van der Waals surface area contributed by atoms with Gasteiger partial charge in [-0.25, -0.2) is 0 Å². The summed E-state index contributed by atoms with van der Waals surface area (Å²) >= 11 is 0. The molecule has 0 radical (unpaired) electrons. The molecule has 1 aliphatic heterocycles. The van der Waals surface area contributed by atoms with Gasteiger partial charge in [-0.3, -0.25) is 29.7 Å². The van der Waals surface area contributed by atoms with Gasteiger partial charge in [0.1, 0.15) is 0 Å².